The van der Waals surface area contributed by atoms with Crippen LogP contribution in [0, 0.1) is 24.2 Å². The van der Waals surface area contributed by atoms with Crippen LogP contribution in [0.3, 0.4) is 0 Å². The predicted octanol–water partition coefficient (Wildman–Crippen LogP) is 5.46. The Kier molecular flexibility index (Phi) is 7.02. The van der Waals surface area contributed by atoms with Gasteiger partial charge in [0.25, 0.3) is 11.5 Å². The highest BCUT2D eigenvalue weighted by molar-refractivity contribution is 6.08. The van der Waals surface area contributed by atoms with Gasteiger partial charge in [-0.25, -0.2) is 4.98 Å². The molecule has 1 saturated carbocycles. The number of carbonyl (C=O) groups is 1. The van der Waals surface area contributed by atoms with Crippen molar-refractivity contribution in [3.8, 4) is 28.7 Å². The smallest absolute Gasteiger partial charge is 0.266 e. The van der Waals surface area contributed by atoms with Crippen LogP contribution in [0.25, 0.3) is 22.0 Å². The lowest BCUT2D eigenvalue weighted by Crippen LogP contribution is -2.15. The molecule has 0 bridgehead atoms. The average molecular weight is 522 g/mol. The summed E-state index contributed by atoms with van der Waals surface area (Å²) in [4.78, 5) is 33.3. The number of nitriles is 1. The summed E-state index contributed by atoms with van der Waals surface area (Å²) in [5.41, 5.74) is 3.58. The summed E-state index contributed by atoms with van der Waals surface area (Å²) in [5.74, 6) is 1.49. The lowest BCUT2D eigenvalue weighted by molar-refractivity contribution is -0.112. The van der Waals surface area contributed by atoms with Gasteiger partial charge >= 0.3 is 0 Å². The largest absolute Gasteiger partial charge is 0.497 e. The van der Waals surface area contributed by atoms with Gasteiger partial charge in [-0.1, -0.05) is 18.2 Å². The van der Waals surface area contributed by atoms with Crippen molar-refractivity contribution in [1.29, 1.82) is 5.26 Å². The molecule has 2 aromatic carbocycles. The van der Waals surface area contributed by atoms with Crippen LogP contribution >= 0.6 is 0 Å². The number of pyridine rings is 2. The molecule has 1 aliphatic carbocycles. The third-order valence-corrected chi connectivity index (χ3v) is 6.55. The number of carbonyl (C=O) groups excluding carboxylic acids is 1. The van der Waals surface area contributed by atoms with Crippen molar-refractivity contribution in [3.05, 3.63) is 82.3 Å². The summed E-state index contributed by atoms with van der Waals surface area (Å²) >= 11 is 0. The lowest BCUT2D eigenvalue weighted by Gasteiger charge is -2.15. The molecule has 2 aromatic heterocycles. The lowest BCUT2D eigenvalue weighted by atomic mass is 10.0. The molecule has 0 aliphatic heterocycles. The standard InChI is InChI=1S/C30H27N5O4/c1-17-5-4-6-25(33-29(36)20(15-31)9-18-7-8-18)28(17)35-27-14-26-21(16-32-27)12-24(30(37)34-26)19-10-22(38-2)13-23(11-19)39-3/h4-6,9-14,16,18H,7-8H2,1-3H3,(H,32,35)(H,33,36)(H,34,37)/b20-9-. The summed E-state index contributed by atoms with van der Waals surface area (Å²) in [6, 6.07) is 16.3. The molecule has 4 aromatic rings. The Labute approximate surface area is 225 Å². The highest BCUT2D eigenvalue weighted by Crippen LogP contribution is 2.33. The van der Waals surface area contributed by atoms with E-state index in [9.17, 15) is 14.9 Å². The average Bonchev–Trinajstić information content (AvgIpc) is 3.77. The van der Waals surface area contributed by atoms with Gasteiger partial charge in [0.05, 0.1) is 31.1 Å². The van der Waals surface area contributed by atoms with E-state index in [1.807, 2.05) is 25.1 Å². The number of hydrogen-bond acceptors (Lipinski definition) is 7. The Morgan fingerprint density at radius 2 is 1.87 bits per heavy atom. The number of methoxy groups -OCH3 is 2. The van der Waals surface area contributed by atoms with E-state index >= 15 is 0 Å². The van der Waals surface area contributed by atoms with Crippen molar-refractivity contribution in [2.45, 2.75) is 19.8 Å². The van der Waals surface area contributed by atoms with Crippen LogP contribution < -0.4 is 25.7 Å². The van der Waals surface area contributed by atoms with Crippen molar-refractivity contribution in [3.63, 3.8) is 0 Å². The number of amides is 1. The van der Waals surface area contributed by atoms with E-state index in [4.69, 9.17) is 9.47 Å². The molecule has 1 fully saturated rings. The molecular formula is C30H27N5O4. The van der Waals surface area contributed by atoms with E-state index in [0.717, 1.165) is 23.8 Å². The van der Waals surface area contributed by atoms with Crippen LogP contribution in [-0.2, 0) is 4.79 Å². The zero-order valence-electron chi connectivity index (χ0n) is 21.8. The van der Waals surface area contributed by atoms with E-state index in [0.29, 0.717) is 51.3 Å². The highest BCUT2D eigenvalue weighted by atomic mass is 16.5. The summed E-state index contributed by atoms with van der Waals surface area (Å²) in [6.45, 7) is 1.90. The Morgan fingerprint density at radius 3 is 2.54 bits per heavy atom. The van der Waals surface area contributed by atoms with Gasteiger partial charge in [0.15, 0.2) is 0 Å². The molecule has 0 radical (unpaired) electrons. The second-order valence-corrected chi connectivity index (χ2v) is 9.38. The molecule has 5 rings (SSSR count). The van der Waals surface area contributed by atoms with Gasteiger partial charge in [-0.05, 0) is 61.1 Å². The quantitative estimate of drug-likeness (QED) is 0.207. The first-order chi connectivity index (χ1) is 18.9. The number of aromatic amines is 1. The molecule has 196 valence electrons. The zero-order valence-corrected chi connectivity index (χ0v) is 21.8. The van der Waals surface area contributed by atoms with Gasteiger partial charge in [0, 0.05) is 29.3 Å². The highest BCUT2D eigenvalue weighted by Gasteiger charge is 2.22. The van der Waals surface area contributed by atoms with Crippen molar-refractivity contribution in [2.24, 2.45) is 5.92 Å². The number of H-pyrrole nitrogens is 1. The maximum absolute atomic E-state index is 13.0. The first kappa shape index (κ1) is 25.5. The van der Waals surface area contributed by atoms with Crippen LogP contribution in [0.4, 0.5) is 17.2 Å². The number of rotatable bonds is 8. The first-order valence-corrected chi connectivity index (χ1v) is 12.4. The third kappa shape index (κ3) is 5.60. The Balaban J connectivity index is 1.45. The van der Waals surface area contributed by atoms with Crippen LogP contribution in [0.15, 0.2) is 71.2 Å². The summed E-state index contributed by atoms with van der Waals surface area (Å²) in [7, 11) is 3.11. The molecule has 9 heteroatoms. The number of ether oxygens (including phenoxy) is 2. The van der Waals surface area contributed by atoms with Crippen LogP contribution in [-0.4, -0.2) is 30.1 Å². The van der Waals surface area contributed by atoms with Crippen molar-refractivity contribution < 1.29 is 14.3 Å². The molecule has 1 aliphatic rings. The summed E-state index contributed by atoms with van der Waals surface area (Å²) < 4.78 is 10.7. The molecule has 3 N–H and O–H groups in total. The van der Waals surface area contributed by atoms with E-state index < -0.39 is 5.91 Å². The second-order valence-electron chi connectivity index (χ2n) is 9.38. The van der Waals surface area contributed by atoms with Gasteiger partial charge < -0.3 is 25.1 Å². The number of fused-ring (bicyclic) bond motifs is 1. The molecule has 9 nitrogen and oxygen atoms in total. The topological polar surface area (TPSA) is 129 Å². The Hall–Kier alpha value is -5.10. The molecule has 0 saturated heterocycles. The minimum Gasteiger partial charge on any atom is -0.497 e. The summed E-state index contributed by atoms with van der Waals surface area (Å²) in [5, 5.41) is 16.3. The van der Waals surface area contributed by atoms with Crippen LogP contribution in [0.5, 0.6) is 11.5 Å². The zero-order chi connectivity index (χ0) is 27.5. The molecule has 0 spiro atoms. The molecule has 0 atom stereocenters. The SMILES string of the molecule is COc1cc(OC)cc(-c2cc3cnc(Nc4c(C)cccc4NC(=O)/C(C#N)=C\C4CC4)cc3[nH]c2=O)c1. The van der Waals surface area contributed by atoms with Crippen LogP contribution in [0.1, 0.15) is 18.4 Å². The summed E-state index contributed by atoms with van der Waals surface area (Å²) in [6.07, 6.45) is 5.40. The minimum atomic E-state index is -0.449. The maximum Gasteiger partial charge on any atom is 0.266 e. The van der Waals surface area contributed by atoms with Crippen molar-refractivity contribution in [1.82, 2.24) is 9.97 Å². The Morgan fingerprint density at radius 1 is 1.13 bits per heavy atom. The maximum atomic E-state index is 13.0. The second kappa shape index (κ2) is 10.7. The van der Waals surface area contributed by atoms with Gasteiger partial charge in [0.2, 0.25) is 0 Å². The predicted molar refractivity (Wildman–Crippen MR) is 150 cm³/mol. The minimum absolute atomic E-state index is 0.107. The number of benzene rings is 2. The molecule has 0 unspecified atom stereocenters. The molecule has 1 amide bonds. The fourth-order valence-electron chi connectivity index (χ4n) is 4.26. The number of aryl methyl sites for hydroxylation is 1. The first-order valence-electron chi connectivity index (χ1n) is 12.4. The third-order valence-electron chi connectivity index (χ3n) is 6.55. The van der Waals surface area contributed by atoms with Crippen molar-refractivity contribution in [2.75, 3.05) is 24.9 Å². The van der Waals surface area contributed by atoms with E-state index in [2.05, 4.69) is 20.6 Å². The number of allylic oxidation sites excluding steroid dienone is 1. The molecular weight excluding hydrogens is 494 g/mol. The van der Waals surface area contributed by atoms with E-state index in [1.54, 1.807) is 62.9 Å². The number of nitrogens with zero attached hydrogens (tertiary/aromatic N) is 2. The van der Waals surface area contributed by atoms with E-state index in [1.165, 1.54) is 0 Å². The van der Waals surface area contributed by atoms with Crippen molar-refractivity contribution >= 4 is 34.0 Å². The molecule has 39 heavy (non-hydrogen) atoms. The number of para-hydroxylation sites is 1. The fourth-order valence-corrected chi connectivity index (χ4v) is 4.26. The van der Waals surface area contributed by atoms with Crippen LogP contribution in [0.2, 0.25) is 0 Å². The number of nitrogens with one attached hydrogen (secondary N) is 3. The van der Waals surface area contributed by atoms with Gasteiger partial charge in [-0.15, -0.1) is 0 Å². The van der Waals surface area contributed by atoms with Gasteiger partial charge in [0.1, 0.15) is 29.0 Å². The number of aromatic nitrogens is 2. The number of hydrogen-bond donors (Lipinski definition) is 3. The monoisotopic (exact) mass is 521 g/mol. The van der Waals surface area contributed by atoms with Gasteiger partial charge in [-0.3, -0.25) is 9.59 Å². The Bertz CT molecular complexity index is 1690. The normalized spacial score (nSPS) is 13.0. The molecule has 2 heterocycles. The van der Waals surface area contributed by atoms with E-state index in [-0.39, 0.29) is 11.1 Å². The fraction of sp³-hybridized carbons (Fsp3) is 0.200. The van der Waals surface area contributed by atoms with Gasteiger partial charge in [-0.2, -0.15) is 5.26 Å². The number of anilines is 3.